The van der Waals surface area contributed by atoms with Crippen molar-refractivity contribution in [2.45, 2.75) is 25.8 Å². The molecule has 0 bridgehead atoms. The van der Waals surface area contributed by atoms with E-state index in [0.717, 1.165) is 18.1 Å². The highest BCUT2D eigenvalue weighted by molar-refractivity contribution is 5.72. The molecule has 0 N–H and O–H groups in total. The van der Waals surface area contributed by atoms with Crippen LogP contribution in [-0.2, 0) is 17.6 Å². The van der Waals surface area contributed by atoms with Gasteiger partial charge in [-0.25, -0.2) is 0 Å². The molecular weight excluding hydrogens is 227 g/mol. The molecule has 0 radical (unpaired) electrons. The van der Waals surface area contributed by atoms with Gasteiger partial charge in [-0.2, -0.15) is 5.12 Å². The predicted molar refractivity (Wildman–Crippen MR) is 57.9 cm³/mol. The Balaban J connectivity index is 2.22. The second-order valence-electron chi connectivity index (χ2n) is 4.10. The van der Waals surface area contributed by atoms with E-state index in [2.05, 4.69) is 0 Å². The number of non-ortho nitro benzene ring substituents is 1. The van der Waals surface area contributed by atoms with Crippen molar-refractivity contribution in [3.05, 3.63) is 39.4 Å². The molecule has 1 aliphatic rings. The van der Waals surface area contributed by atoms with Crippen LogP contribution in [0.1, 0.15) is 18.1 Å². The third-order valence-electron chi connectivity index (χ3n) is 2.93. The SMILES string of the molecule is CC(=O)N(F)C1Cc2ccc([N+](=O)[O-])cc2C1. The quantitative estimate of drug-likeness (QED) is 0.448. The minimum absolute atomic E-state index is 0.00219. The summed E-state index contributed by atoms with van der Waals surface area (Å²) in [6, 6.07) is 3.94. The number of hydrogen-bond acceptors (Lipinski definition) is 3. The van der Waals surface area contributed by atoms with E-state index in [1.54, 1.807) is 6.07 Å². The molecule has 17 heavy (non-hydrogen) atoms. The zero-order valence-electron chi connectivity index (χ0n) is 9.22. The maximum Gasteiger partial charge on any atom is 0.269 e. The molecule has 0 fully saturated rings. The number of nitro benzene ring substituents is 1. The number of benzene rings is 1. The number of nitro groups is 1. The van der Waals surface area contributed by atoms with Crippen molar-refractivity contribution in [1.29, 1.82) is 0 Å². The van der Waals surface area contributed by atoms with Crippen LogP contribution in [0.2, 0.25) is 0 Å². The molecule has 2 rings (SSSR count). The minimum Gasteiger partial charge on any atom is -0.273 e. The largest absolute Gasteiger partial charge is 0.273 e. The fraction of sp³-hybridized carbons (Fsp3) is 0.364. The molecule has 90 valence electrons. The van der Waals surface area contributed by atoms with E-state index in [4.69, 9.17) is 0 Å². The van der Waals surface area contributed by atoms with Crippen molar-refractivity contribution in [1.82, 2.24) is 5.12 Å². The molecule has 0 aromatic heterocycles. The molecule has 1 unspecified atom stereocenters. The van der Waals surface area contributed by atoms with Gasteiger partial charge in [0, 0.05) is 19.1 Å². The number of nitrogens with zero attached hydrogens (tertiary/aromatic N) is 2. The van der Waals surface area contributed by atoms with Gasteiger partial charge in [0.25, 0.3) is 5.69 Å². The second-order valence-corrected chi connectivity index (χ2v) is 4.10. The van der Waals surface area contributed by atoms with Crippen molar-refractivity contribution < 1.29 is 14.2 Å². The first kappa shape index (κ1) is 11.5. The number of fused-ring (bicyclic) bond motifs is 1. The summed E-state index contributed by atoms with van der Waals surface area (Å²) in [7, 11) is 0. The van der Waals surface area contributed by atoms with Gasteiger partial charge < -0.3 is 0 Å². The number of halogens is 1. The van der Waals surface area contributed by atoms with Crippen LogP contribution in [0, 0.1) is 10.1 Å². The summed E-state index contributed by atoms with van der Waals surface area (Å²) in [5, 5.41) is 10.8. The maximum atomic E-state index is 13.4. The van der Waals surface area contributed by atoms with Crippen molar-refractivity contribution >= 4 is 11.6 Å². The lowest BCUT2D eigenvalue weighted by molar-refractivity contribution is -0.384. The molecule has 0 aliphatic heterocycles. The number of carbonyl (C=O) groups is 1. The fourth-order valence-corrected chi connectivity index (χ4v) is 2.11. The average Bonchev–Trinajstić information content (AvgIpc) is 2.69. The Bertz CT molecular complexity index is 490. The van der Waals surface area contributed by atoms with E-state index in [-0.39, 0.29) is 10.8 Å². The highest BCUT2D eigenvalue weighted by Crippen LogP contribution is 2.29. The van der Waals surface area contributed by atoms with E-state index in [0.29, 0.717) is 12.8 Å². The van der Waals surface area contributed by atoms with Crippen molar-refractivity contribution in [3.63, 3.8) is 0 Å². The zero-order chi connectivity index (χ0) is 12.6. The lowest BCUT2D eigenvalue weighted by atomic mass is 10.1. The Labute approximate surface area is 96.9 Å². The van der Waals surface area contributed by atoms with Gasteiger partial charge in [0.15, 0.2) is 0 Å². The molecular formula is C11H11FN2O3. The summed E-state index contributed by atoms with van der Waals surface area (Å²) in [4.78, 5) is 21.0. The molecule has 1 amide bonds. The third kappa shape index (κ3) is 2.11. The van der Waals surface area contributed by atoms with Gasteiger partial charge in [-0.05, 0) is 24.0 Å². The second kappa shape index (κ2) is 4.12. The van der Waals surface area contributed by atoms with Crippen LogP contribution in [-0.4, -0.2) is 22.0 Å². The van der Waals surface area contributed by atoms with Gasteiger partial charge in [0.1, 0.15) is 0 Å². The maximum absolute atomic E-state index is 13.4. The smallest absolute Gasteiger partial charge is 0.269 e. The Hall–Kier alpha value is -1.98. The normalized spacial score (nSPS) is 17.6. The number of hydrogen-bond donors (Lipinski definition) is 0. The standard InChI is InChI=1S/C11H11FN2O3/c1-7(15)13(12)11-4-8-2-3-10(14(16)17)5-9(8)6-11/h2-3,5,11H,4,6H2,1H3. The Kier molecular flexibility index (Phi) is 2.79. The van der Waals surface area contributed by atoms with E-state index in [1.807, 2.05) is 0 Å². The molecule has 5 nitrogen and oxygen atoms in total. The van der Waals surface area contributed by atoms with Gasteiger partial charge in [-0.15, -0.1) is 0 Å². The molecule has 6 heteroatoms. The van der Waals surface area contributed by atoms with Gasteiger partial charge in [0.05, 0.1) is 11.0 Å². The monoisotopic (exact) mass is 238 g/mol. The van der Waals surface area contributed by atoms with Crippen molar-refractivity contribution in [2.75, 3.05) is 0 Å². The van der Waals surface area contributed by atoms with E-state index in [9.17, 15) is 19.4 Å². The molecule has 1 aliphatic carbocycles. The first-order valence-corrected chi connectivity index (χ1v) is 5.21. The number of amides is 1. The summed E-state index contributed by atoms with van der Waals surface area (Å²) in [6.07, 6.45) is 0.733. The molecule has 0 saturated carbocycles. The Morgan fingerprint density at radius 1 is 1.47 bits per heavy atom. The molecule has 1 aromatic carbocycles. The first-order valence-electron chi connectivity index (χ1n) is 5.21. The average molecular weight is 238 g/mol. The molecule has 1 aromatic rings. The van der Waals surface area contributed by atoms with Crippen LogP contribution in [0.4, 0.5) is 10.2 Å². The summed E-state index contributed by atoms with van der Waals surface area (Å²) in [5.41, 5.74) is 1.61. The fourth-order valence-electron chi connectivity index (χ4n) is 2.11. The molecule has 1 atom stereocenters. The molecule has 0 heterocycles. The van der Waals surface area contributed by atoms with E-state index >= 15 is 0 Å². The summed E-state index contributed by atoms with van der Waals surface area (Å²) in [6.45, 7) is 1.16. The van der Waals surface area contributed by atoms with E-state index < -0.39 is 16.9 Å². The molecule has 0 spiro atoms. The Morgan fingerprint density at radius 2 is 2.12 bits per heavy atom. The minimum atomic E-state index is -0.641. The summed E-state index contributed by atoms with van der Waals surface area (Å²) in [5.74, 6) is -0.641. The summed E-state index contributed by atoms with van der Waals surface area (Å²) < 4.78 is 13.4. The van der Waals surface area contributed by atoms with Gasteiger partial charge >= 0.3 is 0 Å². The number of carbonyl (C=O) groups excluding carboxylic acids is 1. The lowest BCUT2D eigenvalue weighted by Gasteiger charge is -2.16. The number of rotatable bonds is 2. The van der Waals surface area contributed by atoms with E-state index in [1.165, 1.54) is 12.1 Å². The van der Waals surface area contributed by atoms with Crippen LogP contribution in [0.3, 0.4) is 0 Å². The van der Waals surface area contributed by atoms with Crippen LogP contribution >= 0.6 is 0 Å². The highest BCUT2D eigenvalue weighted by atomic mass is 19.2. The lowest BCUT2D eigenvalue weighted by Crippen LogP contribution is -2.32. The van der Waals surface area contributed by atoms with Gasteiger partial charge in [0.2, 0.25) is 5.91 Å². The van der Waals surface area contributed by atoms with Crippen LogP contribution in [0.25, 0.3) is 0 Å². The third-order valence-corrected chi connectivity index (χ3v) is 2.93. The van der Waals surface area contributed by atoms with Crippen molar-refractivity contribution in [2.24, 2.45) is 0 Å². The van der Waals surface area contributed by atoms with Crippen LogP contribution in [0.15, 0.2) is 18.2 Å². The van der Waals surface area contributed by atoms with Gasteiger partial charge in [-0.1, -0.05) is 10.5 Å². The van der Waals surface area contributed by atoms with Crippen LogP contribution in [0.5, 0.6) is 0 Å². The Morgan fingerprint density at radius 3 is 2.71 bits per heavy atom. The topological polar surface area (TPSA) is 63.5 Å². The molecule has 0 saturated heterocycles. The van der Waals surface area contributed by atoms with Gasteiger partial charge in [-0.3, -0.25) is 14.9 Å². The van der Waals surface area contributed by atoms with Crippen molar-refractivity contribution in [3.8, 4) is 0 Å². The predicted octanol–water partition coefficient (Wildman–Crippen LogP) is 1.79. The highest BCUT2D eigenvalue weighted by Gasteiger charge is 2.29. The summed E-state index contributed by atoms with van der Waals surface area (Å²) >= 11 is 0. The van der Waals surface area contributed by atoms with Crippen LogP contribution < -0.4 is 0 Å². The zero-order valence-corrected chi connectivity index (χ0v) is 9.22. The first-order chi connectivity index (χ1) is 7.99.